The van der Waals surface area contributed by atoms with Gasteiger partial charge in [0.05, 0.1) is 25.8 Å². The fraction of sp³-hybridized carbons (Fsp3) is 0.588. The molecule has 1 atom stereocenters. The maximum absolute atomic E-state index is 13.7. The average molecular weight is 322 g/mol. The number of rotatable bonds is 4. The number of aliphatic imine (C=N–C) groups is 1. The van der Waals surface area contributed by atoms with Crippen molar-refractivity contribution >= 4 is 5.96 Å². The Morgan fingerprint density at radius 1 is 1.22 bits per heavy atom. The molecule has 0 radical (unpaired) electrons. The highest BCUT2D eigenvalue weighted by molar-refractivity contribution is 5.79. The molecule has 6 heteroatoms. The summed E-state index contributed by atoms with van der Waals surface area (Å²) >= 11 is 0. The van der Waals surface area contributed by atoms with Gasteiger partial charge in [0.25, 0.3) is 0 Å². The molecule has 0 unspecified atom stereocenters. The molecule has 1 aliphatic rings. The van der Waals surface area contributed by atoms with Crippen LogP contribution in [0.5, 0.6) is 0 Å². The molecule has 0 aliphatic carbocycles. The molecule has 1 aromatic rings. The van der Waals surface area contributed by atoms with Crippen molar-refractivity contribution in [1.29, 1.82) is 0 Å². The zero-order chi connectivity index (χ0) is 16.8. The van der Waals surface area contributed by atoms with Crippen molar-refractivity contribution < 1.29 is 9.13 Å². The lowest BCUT2D eigenvalue weighted by Gasteiger charge is -2.34. The molecule has 1 aliphatic heterocycles. The normalized spacial score (nSPS) is 16.7. The highest BCUT2D eigenvalue weighted by atomic mass is 19.1. The van der Waals surface area contributed by atoms with E-state index in [1.807, 2.05) is 44.1 Å². The molecule has 2 rings (SSSR count). The highest BCUT2D eigenvalue weighted by Crippen LogP contribution is 2.23. The topological polar surface area (TPSA) is 31.3 Å². The lowest BCUT2D eigenvalue weighted by Crippen LogP contribution is -2.41. The summed E-state index contributed by atoms with van der Waals surface area (Å²) in [6.45, 7) is 3.70. The van der Waals surface area contributed by atoms with Gasteiger partial charge in [-0.05, 0) is 17.7 Å². The van der Waals surface area contributed by atoms with Crippen LogP contribution in [0, 0.1) is 5.82 Å². The van der Waals surface area contributed by atoms with Crippen molar-refractivity contribution in [1.82, 2.24) is 14.7 Å². The maximum atomic E-state index is 13.7. The predicted octanol–water partition coefficient (Wildman–Crippen LogP) is 1.68. The zero-order valence-electron chi connectivity index (χ0n) is 14.5. The molecule has 0 bridgehead atoms. The third kappa shape index (κ3) is 4.91. The van der Waals surface area contributed by atoms with Crippen LogP contribution in [-0.2, 0) is 4.74 Å². The van der Waals surface area contributed by atoms with Crippen molar-refractivity contribution in [2.24, 2.45) is 4.99 Å². The number of benzene rings is 1. The standard InChI is InChI=1S/C17H27FN4O/c1-20(2)17(21(3)4)19-13-16(22-8-10-23-11-9-22)14-6-5-7-15(18)12-14/h5-7,12,16H,8-11,13H2,1-4H3/t16-/m0/s1. The number of hydrogen-bond acceptors (Lipinski definition) is 3. The Morgan fingerprint density at radius 3 is 2.43 bits per heavy atom. The zero-order valence-corrected chi connectivity index (χ0v) is 14.5. The Kier molecular flexibility index (Phi) is 6.36. The van der Waals surface area contributed by atoms with E-state index in [0.717, 1.165) is 24.6 Å². The van der Waals surface area contributed by atoms with E-state index in [9.17, 15) is 4.39 Å². The number of hydrogen-bond donors (Lipinski definition) is 0. The largest absolute Gasteiger partial charge is 0.379 e. The van der Waals surface area contributed by atoms with E-state index >= 15 is 0 Å². The van der Waals surface area contributed by atoms with Gasteiger partial charge in [-0.2, -0.15) is 0 Å². The molecule has 1 aromatic carbocycles. The Hall–Kier alpha value is -1.66. The van der Waals surface area contributed by atoms with Gasteiger partial charge in [0.2, 0.25) is 0 Å². The lowest BCUT2D eigenvalue weighted by molar-refractivity contribution is 0.0178. The van der Waals surface area contributed by atoms with Gasteiger partial charge in [0, 0.05) is 41.3 Å². The fourth-order valence-electron chi connectivity index (χ4n) is 2.89. The second kappa shape index (κ2) is 8.26. The van der Waals surface area contributed by atoms with Gasteiger partial charge in [-0.3, -0.25) is 9.89 Å². The summed E-state index contributed by atoms with van der Waals surface area (Å²) in [5, 5.41) is 0. The fourth-order valence-corrected chi connectivity index (χ4v) is 2.89. The van der Waals surface area contributed by atoms with Crippen molar-refractivity contribution in [3.63, 3.8) is 0 Å². The number of morpholine rings is 1. The third-order valence-electron chi connectivity index (χ3n) is 3.93. The van der Waals surface area contributed by atoms with E-state index in [0.29, 0.717) is 19.8 Å². The minimum absolute atomic E-state index is 0.0597. The first kappa shape index (κ1) is 17.7. The monoisotopic (exact) mass is 322 g/mol. The Balaban J connectivity index is 2.24. The van der Waals surface area contributed by atoms with Gasteiger partial charge < -0.3 is 14.5 Å². The Bertz CT molecular complexity index is 517. The summed E-state index contributed by atoms with van der Waals surface area (Å²) in [6, 6.07) is 6.89. The van der Waals surface area contributed by atoms with Crippen LogP contribution in [0.3, 0.4) is 0 Å². The molecule has 5 nitrogen and oxygen atoms in total. The van der Waals surface area contributed by atoms with Crippen LogP contribution in [0.2, 0.25) is 0 Å². The highest BCUT2D eigenvalue weighted by Gasteiger charge is 2.23. The van der Waals surface area contributed by atoms with Crippen LogP contribution in [0.25, 0.3) is 0 Å². The molecular formula is C17H27FN4O. The van der Waals surface area contributed by atoms with E-state index in [1.54, 1.807) is 12.1 Å². The van der Waals surface area contributed by atoms with Crippen molar-refractivity contribution in [3.05, 3.63) is 35.6 Å². The van der Waals surface area contributed by atoms with Crippen molar-refractivity contribution in [2.75, 3.05) is 61.0 Å². The first-order chi connectivity index (χ1) is 11.0. The van der Waals surface area contributed by atoms with Crippen LogP contribution in [0.15, 0.2) is 29.3 Å². The molecule has 0 N–H and O–H groups in total. The van der Waals surface area contributed by atoms with Gasteiger partial charge in [-0.25, -0.2) is 4.39 Å². The SMILES string of the molecule is CN(C)C(=NC[C@@H](c1cccc(F)c1)N1CCOCC1)N(C)C. The van der Waals surface area contributed by atoms with Crippen LogP contribution in [-0.4, -0.2) is 81.7 Å². The van der Waals surface area contributed by atoms with Crippen LogP contribution in [0.4, 0.5) is 4.39 Å². The average Bonchev–Trinajstić information content (AvgIpc) is 2.51. The number of guanidine groups is 1. The van der Waals surface area contributed by atoms with Gasteiger partial charge in [-0.15, -0.1) is 0 Å². The molecule has 128 valence electrons. The first-order valence-corrected chi connectivity index (χ1v) is 7.95. The van der Waals surface area contributed by atoms with Crippen molar-refractivity contribution in [2.45, 2.75) is 6.04 Å². The van der Waals surface area contributed by atoms with Gasteiger partial charge in [-0.1, -0.05) is 12.1 Å². The molecule has 23 heavy (non-hydrogen) atoms. The van der Waals surface area contributed by atoms with E-state index in [-0.39, 0.29) is 11.9 Å². The Morgan fingerprint density at radius 2 is 1.87 bits per heavy atom. The quantitative estimate of drug-likeness (QED) is 0.623. The van der Waals surface area contributed by atoms with Crippen LogP contribution < -0.4 is 0 Å². The molecule has 0 aromatic heterocycles. The minimum atomic E-state index is -0.204. The molecule has 0 saturated carbocycles. The second-order valence-electron chi connectivity index (χ2n) is 6.15. The van der Waals surface area contributed by atoms with Gasteiger partial charge >= 0.3 is 0 Å². The summed E-state index contributed by atoms with van der Waals surface area (Å²) in [7, 11) is 7.91. The molecule has 1 heterocycles. The predicted molar refractivity (Wildman–Crippen MR) is 91.2 cm³/mol. The Labute approximate surface area is 138 Å². The van der Waals surface area contributed by atoms with Crippen LogP contribution in [0.1, 0.15) is 11.6 Å². The van der Waals surface area contributed by atoms with Crippen LogP contribution >= 0.6 is 0 Å². The van der Waals surface area contributed by atoms with E-state index < -0.39 is 0 Å². The number of nitrogens with zero attached hydrogens (tertiary/aromatic N) is 4. The van der Waals surface area contributed by atoms with E-state index in [2.05, 4.69) is 4.90 Å². The summed E-state index contributed by atoms with van der Waals surface area (Å²) in [4.78, 5) is 11.1. The van der Waals surface area contributed by atoms with Gasteiger partial charge in [0.15, 0.2) is 5.96 Å². The second-order valence-corrected chi connectivity index (χ2v) is 6.15. The van der Waals surface area contributed by atoms with Crippen molar-refractivity contribution in [3.8, 4) is 0 Å². The third-order valence-corrected chi connectivity index (χ3v) is 3.93. The maximum Gasteiger partial charge on any atom is 0.195 e. The summed E-state index contributed by atoms with van der Waals surface area (Å²) in [5.74, 6) is 0.699. The van der Waals surface area contributed by atoms with Gasteiger partial charge in [0.1, 0.15) is 5.82 Å². The van der Waals surface area contributed by atoms with E-state index in [1.165, 1.54) is 6.07 Å². The van der Waals surface area contributed by atoms with E-state index in [4.69, 9.17) is 9.73 Å². The molecular weight excluding hydrogens is 295 g/mol. The molecule has 0 amide bonds. The first-order valence-electron chi connectivity index (χ1n) is 7.95. The minimum Gasteiger partial charge on any atom is -0.379 e. The lowest BCUT2D eigenvalue weighted by atomic mass is 10.0. The summed E-state index contributed by atoms with van der Waals surface area (Å²) in [5.41, 5.74) is 0.965. The number of halogens is 1. The summed E-state index contributed by atoms with van der Waals surface area (Å²) in [6.07, 6.45) is 0. The number of ether oxygens (including phenoxy) is 1. The smallest absolute Gasteiger partial charge is 0.195 e. The molecule has 1 fully saturated rings. The molecule has 1 saturated heterocycles. The summed E-state index contributed by atoms with van der Waals surface area (Å²) < 4.78 is 19.1. The molecule has 0 spiro atoms.